The molecular formula is C18H24ClNO3. The fraction of sp³-hybridized carbons (Fsp3) is 0.667. The molecule has 1 saturated carbocycles. The lowest BCUT2D eigenvalue weighted by Gasteiger charge is -2.58. The van der Waals surface area contributed by atoms with Crippen molar-refractivity contribution in [2.24, 2.45) is 5.92 Å². The zero-order valence-corrected chi connectivity index (χ0v) is 13.4. The summed E-state index contributed by atoms with van der Waals surface area (Å²) in [7, 11) is -2.60. The van der Waals surface area contributed by atoms with E-state index in [1.54, 1.807) is 11.0 Å². The number of ether oxygens (including phenoxy) is 2. The molecule has 0 amide bonds. The van der Waals surface area contributed by atoms with Crippen LogP contribution in [0.2, 0.25) is 0 Å². The first-order chi connectivity index (χ1) is 13.0. The second-order valence-electron chi connectivity index (χ2n) is 7.07. The molecular weight excluding hydrogens is 314 g/mol. The predicted octanol–water partition coefficient (Wildman–Crippen LogP) is 2.15. The Labute approximate surface area is 151 Å². The van der Waals surface area contributed by atoms with Crippen molar-refractivity contribution in [3.05, 3.63) is 23.3 Å². The number of halogens is 1. The first-order valence-electron chi connectivity index (χ1n) is 11.0. The molecule has 23 heavy (non-hydrogen) atoms. The van der Waals surface area contributed by atoms with E-state index in [9.17, 15) is 5.11 Å². The third-order valence-electron chi connectivity index (χ3n) is 6.38. The Balaban J connectivity index is 0.00000205. The van der Waals surface area contributed by atoms with Gasteiger partial charge in [-0.15, -0.1) is 12.4 Å². The van der Waals surface area contributed by atoms with Crippen LogP contribution < -0.4 is 9.47 Å². The minimum atomic E-state index is -2.60. The first kappa shape index (κ1) is 10.1. The number of aliphatic hydroxyl groups is 1. The normalized spacial score (nSPS) is 44.9. The monoisotopic (exact) mass is 343 g/mol. The molecule has 2 aliphatic carbocycles. The summed E-state index contributed by atoms with van der Waals surface area (Å²) in [5, 5.41) is 10.7. The van der Waals surface area contributed by atoms with E-state index < -0.39 is 31.6 Å². The Bertz CT molecular complexity index is 831. The van der Waals surface area contributed by atoms with Crippen LogP contribution in [0.3, 0.4) is 0 Å². The van der Waals surface area contributed by atoms with Gasteiger partial charge in [0.25, 0.3) is 0 Å². The van der Waals surface area contributed by atoms with E-state index in [0.717, 1.165) is 17.5 Å². The number of likely N-dealkylation sites (tertiary alicyclic amines) is 1. The smallest absolute Gasteiger partial charge is 0.165 e. The van der Waals surface area contributed by atoms with Gasteiger partial charge in [-0.25, -0.2) is 0 Å². The summed E-state index contributed by atoms with van der Waals surface area (Å²) in [5.74, 6) is 0.641. The van der Waals surface area contributed by atoms with E-state index in [0.29, 0.717) is 31.6 Å². The molecule has 1 aromatic rings. The van der Waals surface area contributed by atoms with Gasteiger partial charge in [0, 0.05) is 21.1 Å². The van der Waals surface area contributed by atoms with Crippen molar-refractivity contribution in [2.45, 2.75) is 49.3 Å². The SMILES string of the molecule is Cl.[2H]C([2H])([2H])Oc1ccc2c3c1O[C@H]1[C@@H](O)CC[C@H]4[C@@H](C2)N(C([2H])([2H])[2H])CC[C@@]341. The molecule has 2 fully saturated rings. The van der Waals surface area contributed by atoms with Gasteiger partial charge in [-0.2, -0.15) is 0 Å². The molecule has 0 unspecified atom stereocenters. The maximum absolute atomic E-state index is 10.7. The Morgan fingerprint density at radius 1 is 1.43 bits per heavy atom. The van der Waals surface area contributed by atoms with Crippen LogP contribution in [0.4, 0.5) is 0 Å². The molecule has 2 aliphatic heterocycles. The zero-order chi connectivity index (χ0) is 20.1. The number of rotatable bonds is 1. The Kier molecular flexibility index (Phi) is 2.20. The minimum absolute atomic E-state index is 0. The number of nitrogens with zero attached hydrogens (tertiary/aromatic N) is 1. The highest BCUT2D eigenvalue weighted by Gasteiger charge is 2.65. The van der Waals surface area contributed by atoms with Gasteiger partial charge in [-0.05, 0) is 56.8 Å². The number of aliphatic hydroxyl groups excluding tert-OH is 1. The van der Waals surface area contributed by atoms with Gasteiger partial charge in [0.2, 0.25) is 0 Å². The van der Waals surface area contributed by atoms with Crippen molar-refractivity contribution in [2.75, 3.05) is 20.6 Å². The molecule has 0 aromatic heterocycles. The third-order valence-corrected chi connectivity index (χ3v) is 6.38. The van der Waals surface area contributed by atoms with Gasteiger partial charge < -0.3 is 19.5 Å². The Morgan fingerprint density at radius 3 is 3.17 bits per heavy atom. The molecule has 2 heterocycles. The van der Waals surface area contributed by atoms with Crippen molar-refractivity contribution in [1.82, 2.24) is 4.90 Å². The molecule has 1 N–H and O–H groups in total. The van der Waals surface area contributed by atoms with E-state index in [1.807, 2.05) is 6.07 Å². The van der Waals surface area contributed by atoms with Crippen LogP contribution in [-0.2, 0) is 11.8 Å². The van der Waals surface area contributed by atoms with Crippen LogP contribution in [0.15, 0.2) is 12.1 Å². The van der Waals surface area contributed by atoms with Crippen LogP contribution in [0, 0.1) is 5.92 Å². The molecule has 1 saturated heterocycles. The highest BCUT2D eigenvalue weighted by molar-refractivity contribution is 5.85. The van der Waals surface area contributed by atoms with Gasteiger partial charge in [0.05, 0.1) is 17.3 Å². The van der Waals surface area contributed by atoms with Gasteiger partial charge >= 0.3 is 0 Å². The average Bonchev–Trinajstić information content (AvgIpc) is 2.90. The van der Waals surface area contributed by atoms with Gasteiger partial charge in [-0.3, -0.25) is 0 Å². The number of benzene rings is 1. The molecule has 2 bridgehead atoms. The number of likely N-dealkylation sites (N-methyl/N-ethyl adjacent to an activating group) is 1. The van der Waals surface area contributed by atoms with Crippen molar-refractivity contribution < 1.29 is 22.8 Å². The second-order valence-corrected chi connectivity index (χ2v) is 7.07. The van der Waals surface area contributed by atoms with Crippen molar-refractivity contribution in [3.63, 3.8) is 0 Å². The molecule has 4 aliphatic rings. The average molecular weight is 344 g/mol. The maximum atomic E-state index is 10.7. The molecule has 5 rings (SSSR count). The van der Waals surface area contributed by atoms with Gasteiger partial charge in [0.15, 0.2) is 11.5 Å². The lowest BCUT2D eigenvalue weighted by molar-refractivity contribution is -0.0993. The van der Waals surface area contributed by atoms with Gasteiger partial charge in [0.1, 0.15) is 6.10 Å². The van der Waals surface area contributed by atoms with Crippen LogP contribution in [0.25, 0.3) is 0 Å². The van der Waals surface area contributed by atoms with Crippen LogP contribution in [0.5, 0.6) is 11.5 Å². The van der Waals surface area contributed by atoms with Crippen molar-refractivity contribution in [1.29, 1.82) is 0 Å². The standard InChI is InChI=1S/C18H23NO3.ClH/c1-19-8-7-18-11-4-5-13(20)17(18)22-16-14(21-2)6-3-10(15(16)18)9-12(11)19;/h3,6,11-13,17,20H,4-5,7-9H2,1-2H3;1H/t11-,12+,13-,17-,18-;/m0./s1/i1D3,2D3;. The first-order valence-corrected chi connectivity index (χ1v) is 7.99. The lowest BCUT2D eigenvalue weighted by atomic mass is 9.51. The number of piperidine rings is 1. The Hall–Kier alpha value is -0.970. The number of hydrogen-bond donors (Lipinski definition) is 1. The molecule has 0 radical (unpaired) electrons. The van der Waals surface area contributed by atoms with Crippen molar-refractivity contribution >= 4 is 12.4 Å². The molecule has 5 atom stereocenters. The van der Waals surface area contributed by atoms with E-state index in [1.165, 1.54) is 0 Å². The van der Waals surface area contributed by atoms with Crippen LogP contribution >= 0.6 is 12.4 Å². The lowest BCUT2D eigenvalue weighted by Crippen LogP contribution is -2.66. The van der Waals surface area contributed by atoms with Crippen LogP contribution in [-0.4, -0.2) is 48.8 Å². The maximum Gasteiger partial charge on any atom is 0.165 e. The summed E-state index contributed by atoms with van der Waals surface area (Å²) in [4.78, 5) is 1.63. The van der Waals surface area contributed by atoms with E-state index >= 15 is 0 Å². The van der Waals surface area contributed by atoms with E-state index in [4.69, 9.17) is 17.7 Å². The highest BCUT2D eigenvalue weighted by Crippen LogP contribution is 2.63. The quantitative estimate of drug-likeness (QED) is 0.848. The summed E-state index contributed by atoms with van der Waals surface area (Å²) in [6, 6.07) is 3.28. The Morgan fingerprint density at radius 2 is 2.35 bits per heavy atom. The third kappa shape index (κ3) is 1.70. The molecule has 5 heteroatoms. The largest absolute Gasteiger partial charge is 0.493 e. The molecule has 4 nitrogen and oxygen atoms in total. The van der Waals surface area contributed by atoms with E-state index in [2.05, 4.69) is 0 Å². The topological polar surface area (TPSA) is 41.9 Å². The zero-order valence-electron chi connectivity index (χ0n) is 18.6. The summed E-state index contributed by atoms with van der Waals surface area (Å²) >= 11 is 0. The summed E-state index contributed by atoms with van der Waals surface area (Å²) < 4.78 is 57.7. The number of hydrogen-bond acceptors (Lipinski definition) is 4. The van der Waals surface area contributed by atoms with E-state index in [-0.39, 0.29) is 30.1 Å². The summed E-state index contributed by atoms with van der Waals surface area (Å²) in [6.07, 6.45) is 1.24. The summed E-state index contributed by atoms with van der Waals surface area (Å²) in [5.41, 5.74) is 1.42. The second kappa shape index (κ2) is 5.01. The highest BCUT2D eigenvalue weighted by atomic mass is 35.5. The van der Waals surface area contributed by atoms with Crippen LogP contribution in [0.1, 0.15) is 38.6 Å². The molecule has 1 aromatic carbocycles. The molecule has 1 spiro atoms. The minimum Gasteiger partial charge on any atom is -0.493 e. The number of methoxy groups -OCH3 is 1. The van der Waals surface area contributed by atoms with Crippen molar-refractivity contribution in [3.8, 4) is 11.5 Å². The fourth-order valence-corrected chi connectivity index (χ4v) is 5.59. The van der Waals surface area contributed by atoms with Gasteiger partial charge in [-0.1, -0.05) is 6.07 Å². The molecule has 126 valence electrons. The summed E-state index contributed by atoms with van der Waals surface area (Å²) in [6.45, 7) is -1.77. The fourth-order valence-electron chi connectivity index (χ4n) is 5.59. The predicted molar refractivity (Wildman–Crippen MR) is 89.8 cm³/mol.